The normalized spacial score (nSPS) is 12.8. The molecule has 1 unspecified atom stereocenters. The molecule has 20 heavy (non-hydrogen) atoms. The highest BCUT2D eigenvalue weighted by molar-refractivity contribution is 5.71. The molecule has 3 nitrogen and oxygen atoms in total. The van der Waals surface area contributed by atoms with Crippen molar-refractivity contribution in [3.05, 3.63) is 65.5 Å². The topological polar surface area (TPSA) is 39.9 Å². The van der Waals surface area contributed by atoms with Crippen LogP contribution in [0.3, 0.4) is 0 Å². The van der Waals surface area contributed by atoms with Crippen molar-refractivity contribution < 1.29 is 9.67 Å². The number of rotatable bonds is 3. The van der Waals surface area contributed by atoms with Crippen molar-refractivity contribution >= 4 is 11.0 Å². The molecular weight excluding hydrogens is 248 g/mol. The van der Waals surface area contributed by atoms with Gasteiger partial charge in [-0.2, -0.15) is 0 Å². The Kier molecular flexibility index (Phi) is 3.28. The van der Waals surface area contributed by atoms with Gasteiger partial charge in [-0.15, -0.1) is 0 Å². The molecule has 0 aliphatic rings. The summed E-state index contributed by atoms with van der Waals surface area (Å²) in [6.45, 7) is 4.64. The number of nitrogens with zero attached hydrogens (tertiary/aromatic N) is 1. The first-order valence-electron chi connectivity index (χ1n) is 6.89. The molecule has 3 aromatic rings. The van der Waals surface area contributed by atoms with E-state index in [2.05, 4.69) is 46.8 Å². The number of aryl methyl sites for hydroxylation is 1. The third kappa shape index (κ3) is 2.32. The molecule has 0 aliphatic heterocycles. The summed E-state index contributed by atoms with van der Waals surface area (Å²) in [5.41, 5.74) is 4.66. The Morgan fingerprint density at radius 3 is 2.70 bits per heavy atom. The van der Waals surface area contributed by atoms with Gasteiger partial charge in [0.05, 0.1) is 0 Å². The third-order valence-electron chi connectivity index (χ3n) is 3.57. The molecule has 102 valence electrons. The third-order valence-corrected chi connectivity index (χ3v) is 3.57. The van der Waals surface area contributed by atoms with Crippen LogP contribution in [0, 0.1) is 6.92 Å². The van der Waals surface area contributed by atoms with Gasteiger partial charge in [-0.05, 0) is 31.5 Å². The van der Waals surface area contributed by atoms with Crippen LogP contribution in [0.4, 0.5) is 0 Å². The largest absolute Gasteiger partial charge is 0.381 e. The molecule has 2 aromatic carbocycles. The fourth-order valence-corrected chi connectivity index (χ4v) is 2.64. The molecule has 1 heterocycles. The van der Waals surface area contributed by atoms with E-state index in [4.69, 9.17) is 0 Å². The molecule has 0 radical (unpaired) electrons. The molecule has 0 aliphatic carbocycles. The summed E-state index contributed by atoms with van der Waals surface area (Å²) in [7, 11) is 0. The van der Waals surface area contributed by atoms with Crippen molar-refractivity contribution in [1.29, 1.82) is 0 Å². The van der Waals surface area contributed by atoms with Crippen LogP contribution in [-0.4, -0.2) is 10.1 Å². The minimum absolute atomic E-state index is 0.521. The van der Waals surface area contributed by atoms with Gasteiger partial charge < -0.3 is 5.11 Å². The highest BCUT2D eigenvalue weighted by atomic mass is 16.3. The molecule has 0 bridgehead atoms. The van der Waals surface area contributed by atoms with Crippen molar-refractivity contribution in [2.24, 2.45) is 0 Å². The fourth-order valence-electron chi connectivity index (χ4n) is 2.64. The highest BCUT2D eigenvalue weighted by Crippen LogP contribution is 2.15. The van der Waals surface area contributed by atoms with Crippen molar-refractivity contribution in [3.63, 3.8) is 0 Å². The summed E-state index contributed by atoms with van der Waals surface area (Å²) in [6, 6.07) is 16.6. The van der Waals surface area contributed by atoms with Crippen molar-refractivity contribution in [2.75, 3.05) is 0 Å². The number of fused-ring (bicyclic) bond motifs is 1. The Morgan fingerprint density at radius 1 is 1.15 bits per heavy atom. The number of aromatic nitrogens is 2. The molecule has 3 heteroatoms. The maximum Gasteiger partial charge on any atom is 0.284 e. The van der Waals surface area contributed by atoms with Crippen LogP contribution in [0.15, 0.2) is 48.5 Å². The van der Waals surface area contributed by atoms with E-state index >= 15 is 0 Å². The number of imidazole rings is 1. The van der Waals surface area contributed by atoms with Crippen LogP contribution in [0.25, 0.3) is 11.0 Å². The van der Waals surface area contributed by atoms with Gasteiger partial charge in [0.25, 0.3) is 5.82 Å². The highest BCUT2D eigenvalue weighted by Gasteiger charge is 2.22. The predicted octanol–water partition coefficient (Wildman–Crippen LogP) is 2.87. The zero-order valence-corrected chi connectivity index (χ0v) is 11.8. The number of nitrogens with one attached hydrogen (secondary N) is 1. The number of para-hydroxylation sites is 2. The molecule has 0 amide bonds. The van der Waals surface area contributed by atoms with Gasteiger partial charge in [0.15, 0.2) is 17.1 Å². The lowest BCUT2D eigenvalue weighted by Crippen LogP contribution is -2.38. The molecule has 0 fully saturated rings. The molecular formula is C17H19N2O+. The summed E-state index contributed by atoms with van der Waals surface area (Å²) in [6.07, 6.45) is -0.521. The van der Waals surface area contributed by atoms with Gasteiger partial charge in [-0.3, -0.25) is 0 Å². The Hall–Kier alpha value is -2.13. The van der Waals surface area contributed by atoms with Crippen LogP contribution in [0.1, 0.15) is 30.0 Å². The molecule has 1 atom stereocenters. The van der Waals surface area contributed by atoms with E-state index in [9.17, 15) is 5.11 Å². The van der Waals surface area contributed by atoms with Crippen LogP contribution in [0.2, 0.25) is 0 Å². The number of benzene rings is 2. The lowest BCUT2D eigenvalue weighted by molar-refractivity contribution is -0.673. The smallest absolute Gasteiger partial charge is 0.284 e. The maximum absolute atomic E-state index is 9.99. The second kappa shape index (κ2) is 5.10. The van der Waals surface area contributed by atoms with E-state index in [1.54, 1.807) is 6.92 Å². The average Bonchev–Trinajstić information content (AvgIpc) is 2.78. The van der Waals surface area contributed by atoms with Crippen molar-refractivity contribution in [1.82, 2.24) is 4.98 Å². The number of aliphatic hydroxyl groups is 1. The first kappa shape index (κ1) is 12.9. The van der Waals surface area contributed by atoms with Gasteiger partial charge in [0, 0.05) is 0 Å². The summed E-state index contributed by atoms with van der Waals surface area (Å²) in [4.78, 5) is 3.31. The number of aliphatic hydroxyl groups excluding tert-OH is 1. The quantitative estimate of drug-likeness (QED) is 0.704. The van der Waals surface area contributed by atoms with E-state index in [0.717, 1.165) is 23.4 Å². The van der Waals surface area contributed by atoms with Crippen molar-refractivity contribution in [2.45, 2.75) is 26.5 Å². The van der Waals surface area contributed by atoms with E-state index in [1.807, 2.05) is 18.2 Å². The molecule has 2 N–H and O–H groups in total. The monoisotopic (exact) mass is 267 g/mol. The number of aromatic amines is 1. The molecule has 0 saturated heterocycles. The second-order valence-electron chi connectivity index (χ2n) is 5.28. The Morgan fingerprint density at radius 2 is 1.95 bits per heavy atom. The van der Waals surface area contributed by atoms with Crippen LogP contribution in [0.5, 0.6) is 0 Å². The van der Waals surface area contributed by atoms with Gasteiger partial charge in [-0.1, -0.05) is 42.0 Å². The van der Waals surface area contributed by atoms with Gasteiger partial charge in [0.1, 0.15) is 6.54 Å². The molecule has 1 aromatic heterocycles. The number of H-pyrrole nitrogens is 1. The Bertz CT molecular complexity index is 744. The summed E-state index contributed by atoms with van der Waals surface area (Å²) >= 11 is 0. The standard InChI is InChI=1S/C17H18N2O/c1-12-6-5-7-14(10-12)11-19-16-9-4-3-8-15(16)18-17(19)13(2)20/h3-10,13,20H,11H2,1-2H3/p+1. The minimum Gasteiger partial charge on any atom is -0.381 e. The second-order valence-corrected chi connectivity index (χ2v) is 5.28. The summed E-state index contributed by atoms with van der Waals surface area (Å²) < 4.78 is 2.15. The SMILES string of the molecule is Cc1cccc(C[n+]2c(C(C)O)[nH]c3ccccc32)c1. The predicted molar refractivity (Wildman–Crippen MR) is 79.4 cm³/mol. The molecule has 0 spiro atoms. The van der Waals surface area contributed by atoms with E-state index < -0.39 is 6.10 Å². The first-order valence-corrected chi connectivity index (χ1v) is 6.89. The maximum atomic E-state index is 9.99. The van der Waals surface area contributed by atoms with E-state index in [1.165, 1.54) is 11.1 Å². The Balaban J connectivity index is 2.11. The van der Waals surface area contributed by atoms with Gasteiger partial charge in [-0.25, -0.2) is 9.55 Å². The fraction of sp³-hybridized carbons (Fsp3) is 0.235. The zero-order chi connectivity index (χ0) is 14.1. The lowest BCUT2D eigenvalue weighted by Gasteiger charge is -2.05. The van der Waals surface area contributed by atoms with Crippen LogP contribution >= 0.6 is 0 Å². The van der Waals surface area contributed by atoms with Gasteiger partial charge in [0.2, 0.25) is 0 Å². The average molecular weight is 267 g/mol. The molecule has 3 rings (SSSR count). The number of hydrogen-bond donors (Lipinski definition) is 2. The van der Waals surface area contributed by atoms with E-state index in [0.29, 0.717) is 0 Å². The number of hydrogen-bond acceptors (Lipinski definition) is 1. The van der Waals surface area contributed by atoms with Gasteiger partial charge >= 0.3 is 0 Å². The van der Waals surface area contributed by atoms with E-state index in [-0.39, 0.29) is 0 Å². The Labute approximate surface area is 118 Å². The summed E-state index contributed by atoms with van der Waals surface area (Å²) in [5.74, 6) is 0.840. The minimum atomic E-state index is -0.521. The van der Waals surface area contributed by atoms with Crippen LogP contribution < -0.4 is 4.57 Å². The lowest BCUT2D eigenvalue weighted by atomic mass is 10.1. The van der Waals surface area contributed by atoms with Crippen molar-refractivity contribution in [3.8, 4) is 0 Å². The summed E-state index contributed by atoms with van der Waals surface area (Å²) in [5, 5.41) is 9.99. The zero-order valence-electron chi connectivity index (χ0n) is 11.8. The first-order chi connectivity index (χ1) is 9.65. The van der Waals surface area contributed by atoms with Crippen LogP contribution in [-0.2, 0) is 6.54 Å². The molecule has 0 saturated carbocycles.